The third-order valence-electron chi connectivity index (χ3n) is 4.66. The minimum absolute atomic E-state index is 0.335. The topological polar surface area (TPSA) is 108 Å². The standard InChI is InChI=1S/C19H22N4O4/c1-13-9-10-21-23(13)15-7-5-14(6-8-15)19(26)27-12-17(24)22-11-3-2-4-16(22)18(20)25/h5-10,16H,2-4,11-12H2,1H3,(H2,20,25)/t16-/m1/s1. The Morgan fingerprint density at radius 1 is 1.19 bits per heavy atom. The van der Waals surface area contributed by atoms with E-state index in [1.54, 1.807) is 35.1 Å². The van der Waals surface area contributed by atoms with Crippen molar-refractivity contribution in [1.29, 1.82) is 0 Å². The summed E-state index contributed by atoms with van der Waals surface area (Å²) in [6.07, 6.45) is 3.89. The number of rotatable bonds is 5. The molecule has 27 heavy (non-hydrogen) atoms. The number of nitrogens with two attached hydrogens (primary N) is 1. The lowest BCUT2D eigenvalue weighted by molar-refractivity contribution is -0.143. The first kappa shape index (κ1) is 18.6. The quantitative estimate of drug-likeness (QED) is 0.796. The average Bonchev–Trinajstić information content (AvgIpc) is 3.11. The van der Waals surface area contributed by atoms with Gasteiger partial charge in [0.25, 0.3) is 5.91 Å². The fraction of sp³-hybridized carbons (Fsp3) is 0.368. The van der Waals surface area contributed by atoms with Gasteiger partial charge in [0.2, 0.25) is 5.91 Å². The van der Waals surface area contributed by atoms with Crippen LogP contribution in [-0.2, 0) is 14.3 Å². The second-order valence-corrected chi connectivity index (χ2v) is 6.51. The van der Waals surface area contributed by atoms with Gasteiger partial charge in [0.15, 0.2) is 6.61 Å². The highest BCUT2D eigenvalue weighted by Crippen LogP contribution is 2.17. The first-order chi connectivity index (χ1) is 13.0. The summed E-state index contributed by atoms with van der Waals surface area (Å²) in [6.45, 7) is 1.96. The molecule has 3 rings (SSSR count). The van der Waals surface area contributed by atoms with Crippen molar-refractivity contribution in [1.82, 2.24) is 14.7 Å². The number of nitrogens with zero attached hydrogens (tertiary/aromatic N) is 3. The summed E-state index contributed by atoms with van der Waals surface area (Å²) >= 11 is 0. The number of carbonyl (C=O) groups excluding carboxylic acids is 3. The Balaban J connectivity index is 1.59. The van der Waals surface area contributed by atoms with Crippen LogP contribution in [0.1, 0.15) is 35.3 Å². The Bertz CT molecular complexity index is 844. The maximum absolute atomic E-state index is 12.3. The molecule has 2 amide bonds. The van der Waals surface area contributed by atoms with Gasteiger partial charge in [-0.1, -0.05) is 0 Å². The number of amides is 2. The smallest absolute Gasteiger partial charge is 0.338 e. The maximum Gasteiger partial charge on any atom is 0.338 e. The number of carbonyl (C=O) groups is 3. The van der Waals surface area contributed by atoms with Crippen molar-refractivity contribution in [3.63, 3.8) is 0 Å². The number of primary amides is 1. The number of piperidine rings is 1. The molecule has 1 aliphatic rings. The molecule has 1 atom stereocenters. The third-order valence-corrected chi connectivity index (χ3v) is 4.66. The molecule has 142 valence electrons. The molecule has 2 N–H and O–H groups in total. The number of hydrogen-bond donors (Lipinski definition) is 1. The molecule has 0 spiro atoms. The Kier molecular flexibility index (Phi) is 5.54. The largest absolute Gasteiger partial charge is 0.452 e. The molecule has 1 aromatic carbocycles. The number of likely N-dealkylation sites (tertiary alicyclic amines) is 1. The van der Waals surface area contributed by atoms with Crippen LogP contribution >= 0.6 is 0 Å². The number of aryl methyl sites for hydroxylation is 1. The van der Waals surface area contributed by atoms with Crippen molar-refractivity contribution in [2.75, 3.05) is 13.2 Å². The predicted molar refractivity (Wildman–Crippen MR) is 97.1 cm³/mol. The van der Waals surface area contributed by atoms with Crippen LogP contribution in [0.2, 0.25) is 0 Å². The Labute approximate surface area is 156 Å². The van der Waals surface area contributed by atoms with Crippen molar-refractivity contribution >= 4 is 17.8 Å². The monoisotopic (exact) mass is 370 g/mol. The van der Waals surface area contributed by atoms with Gasteiger partial charge in [-0.2, -0.15) is 5.10 Å². The fourth-order valence-electron chi connectivity index (χ4n) is 3.20. The lowest BCUT2D eigenvalue weighted by Crippen LogP contribution is -2.51. The third kappa shape index (κ3) is 4.16. The summed E-state index contributed by atoms with van der Waals surface area (Å²) in [7, 11) is 0. The zero-order valence-electron chi connectivity index (χ0n) is 15.1. The first-order valence-corrected chi connectivity index (χ1v) is 8.84. The van der Waals surface area contributed by atoms with Crippen LogP contribution in [0.3, 0.4) is 0 Å². The zero-order chi connectivity index (χ0) is 19.4. The average molecular weight is 370 g/mol. The number of esters is 1. The van der Waals surface area contributed by atoms with E-state index >= 15 is 0 Å². The minimum atomic E-state index is -0.624. The maximum atomic E-state index is 12.3. The minimum Gasteiger partial charge on any atom is -0.452 e. The van der Waals surface area contributed by atoms with Crippen molar-refractivity contribution in [3.05, 3.63) is 47.8 Å². The van der Waals surface area contributed by atoms with Crippen LogP contribution in [-0.4, -0.2) is 51.7 Å². The highest BCUT2D eigenvalue weighted by Gasteiger charge is 2.31. The van der Waals surface area contributed by atoms with E-state index in [0.29, 0.717) is 18.5 Å². The van der Waals surface area contributed by atoms with Crippen LogP contribution < -0.4 is 5.73 Å². The first-order valence-electron chi connectivity index (χ1n) is 8.84. The summed E-state index contributed by atoms with van der Waals surface area (Å²) in [6, 6.07) is 8.01. The van der Waals surface area contributed by atoms with E-state index in [-0.39, 0.29) is 0 Å². The predicted octanol–water partition coefficient (Wildman–Crippen LogP) is 1.20. The van der Waals surface area contributed by atoms with E-state index in [1.165, 1.54) is 4.90 Å². The molecule has 0 unspecified atom stereocenters. The fourth-order valence-corrected chi connectivity index (χ4v) is 3.20. The van der Waals surface area contributed by atoms with Gasteiger partial charge in [0, 0.05) is 18.4 Å². The zero-order valence-corrected chi connectivity index (χ0v) is 15.1. The molecule has 1 saturated heterocycles. The molecule has 8 heteroatoms. The van der Waals surface area contributed by atoms with Crippen molar-refractivity contribution in [2.45, 2.75) is 32.2 Å². The number of benzene rings is 1. The van der Waals surface area contributed by atoms with E-state index in [2.05, 4.69) is 5.10 Å². The van der Waals surface area contributed by atoms with Crippen molar-refractivity contribution in [3.8, 4) is 5.69 Å². The van der Waals surface area contributed by atoms with Gasteiger partial charge in [-0.05, 0) is 56.5 Å². The van der Waals surface area contributed by atoms with E-state index in [0.717, 1.165) is 24.2 Å². The lowest BCUT2D eigenvalue weighted by atomic mass is 10.0. The van der Waals surface area contributed by atoms with Crippen LogP contribution in [0.15, 0.2) is 36.5 Å². The second kappa shape index (κ2) is 8.03. The van der Waals surface area contributed by atoms with Gasteiger partial charge in [-0.3, -0.25) is 9.59 Å². The van der Waals surface area contributed by atoms with Crippen LogP contribution in [0.4, 0.5) is 0 Å². The van der Waals surface area contributed by atoms with E-state index < -0.39 is 30.4 Å². The van der Waals surface area contributed by atoms with E-state index in [4.69, 9.17) is 10.5 Å². The van der Waals surface area contributed by atoms with Crippen molar-refractivity contribution in [2.24, 2.45) is 5.73 Å². The molecule has 2 heterocycles. The summed E-state index contributed by atoms with van der Waals surface area (Å²) in [5.74, 6) is -1.53. The summed E-state index contributed by atoms with van der Waals surface area (Å²) < 4.78 is 6.87. The molecule has 1 aliphatic heterocycles. The summed E-state index contributed by atoms with van der Waals surface area (Å²) in [5.41, 5.74) is 7.49. The van der Waals surface area contributed by atoms with Gasteiger partial charge < -0.3 is 15.4 Å². The van der Waals surface area contributed by atoms with Crippen LogP contribution in [0, 0.1) is 6.92 Å². The van der Waals surface area contributed by atoms with Gasteiger partial charge in [-0.15, -0.1) is 0 Å². The van der Waals surface area contributed by atoms with E-state index in [1.807, 2.05) is 13.0 Å². The molecule has 0 saturated carbocycles. The highest BCUT2D eigenvalue weighted by atomic mass is 16.5. The van der Waals surface area contributed by atoms with Crippen LogP contribution in [0.5, 0.6) is 0 Å². The highest BCUT2D eigenvalue weighted by molar-refractivity contribution is 5.92. The van der Waals surface area contributed by atoms with Gasteiger partial charge in [-0.25, -0.2) is 9.48 Å². The van der Waals surface area contributed by atoms with E-state index in [9.17, 15) is 14.4 Å². The van der Waals surface area contributed by atoms with Crippen LogP contribution in [0.25, 0.3) is 5.69 Å². The molecular formula is C19H22N4O4. The van der Waals surface area contributed by atoms with Gasteiger partial charge >= 0.3 is 5.97 Å². The van der Waals surface area contributed by atoms with Crippen molar-refractivity contribution < 1.29 is 19.1 Å². The lowest BCUT2D eigenvalue weighted by Gasteiger charge is -2.33. The molecule has 2 aromatic rings. The molecule has 0 bridgehead atoms. The molecule has 8 nitrogen and oxygen atoms in total. The number of aromatic nitrogens is 2. The molecule has 1 fully saturated rings. The molecule has 1 aromatic heterocycles. The molecular weight excluding hydrogens is 348 g/mol. The van der Waals surface area contributed by atoms with Gasteiger partial charge in [0.1, 0.15) is 6.04 Å². The molecule has 0 radical (unpaired) electrons. The second-order valence-electron chi connectivity index (χ2n) is 6.51. The van der Waals surface area contributed by atoms with Gasteiger partial charge in [0.05, 0.1) is 11.3 Å². The Morgan fingerprint density at radius 2 is 1.93 bits per heavy atom. The number of ether oxygens (including phenoxy) is 1. The Morgan fingerprint density at radius 3 is 2.56 bits per heavy atom. The number of hydrogen-bond acceptors (Lipinski definition) is 5. The Hall–Kier alpha value is -3.16. The molecule has 0 aliphatic carbocycles. The SMILES string of the molecule is Cc1ccnn1-c1ccc(C(=O)OCC(=O)N2CCCC[C@@H]2C(N)=O)cc1. The summed E-state index contributed by atoms with van der Waals surface area (Å²) in [4.78, 5) is 37.4. The summed E-state index contributed by atoms with van der Waals surface area (Å²) in [5, 5.41) is 4.21. The normalized spacial score (nSPS) is 16.8.